The van der Waals surface area contributed by atoms with E-state index in [0.717, 1.165) is 12.1 Å². The van der Waals surface area contributed by atoms with E-state index >= 15 is 0 Å². The van der Waals surface area contributed by atoms with Crippen LogP contribution in [0, 0.1) is 6.92 Å². The van der Waals surface area contributed by atoms with Gasteiger partial charge in [0.15, 0.2) is 0 Å². The van der Waals surface area contributed by atoms with E-state index in [-0.39, 0.29) is 11.1 Å². The predicted molar refractivity (Wildman–Crippen MR) is 121 cm³/mol. The highest BCUT2D eigenvalue weighted by Gasteiger charge is 2.29. The lowest BCUT2D eigenvalue weighted by Gasteiger charge is -2.37. The van der Waals surface area contributed by atoms with Gasteiger partial charge in [0.2, 0.25) is 0 Å². The second kappa shape index (κ2) is 7.35. The van der Waals surface area contributed by atoms with Crippen LogP contribution in [0.1, 0.15) is 82.9 Å². The molecule has 28 heavy (non-hydrogen) atoms. The standard InChI is InChI=1S/C13H19N.C12H17NO/c1-9-5-6-11-10(2)8-13(3,4)14-12(11)7-9;1-8-7-12(2,3)13-11-6-9(14)4-5-10(8)11/h5-7,10,14H,8H2,1-4H3;4-6,8,13-14H,7H2,1-3H3. The van der Waals surface area contributed by atoms with Crippen molar-refractivity contribution < 1.29 is 5.11 Å². The lowest BCUT2D eigenvalue weighted by atomic mass is 9.82. The molecule has 0 aromatic heterocycles. The Bertz CT molecular complexity index is 782. The second-order valence-corrected chi connectivity index (χ2v) is 10.1. The number of anilines is 2. The molecule has 0 saturated heterocycles. The van der Waals surface area contributed by atoms with Crippen molar-refractivity contribution >= 4 is 11.4 Å². The van der Waals surface area contributed by atoms with Crippen molar-refractivity contribution in [1.82, 2.24) is 0 Å². The maximum atomic E-state index is 9.40. The third kappa shape index (κ3) is 4.63. The average molecular weight is 381 g/mol. The first-order valence-electron chi connectivity index (χ1n) is 10.5. The van der Waals surface area contributed by atoms with Gasteiger partial charge >= 0.3 is 0 Å². The SMILES string of the molecule is CC1CC(C)(C)Nc2cc(O)ccc21.Cc1ccc2c(c1)NC(C)(C)CC2C. The van der Waals surface area contributed by atoms with Crippen LogP contribution in [0.3, 0.4) is 0 Å². The third-order valence-electron chi connectivity index (χ3n) is 5.89. The molecular weight excluding hydrogens is 344 g/mol. The van der Waals surface area contributed by atoms with Gasteiger partial charge in [-0.25, -0.2) is 0 Å². The zero-order valence-corrected chi connectivity index (χ0v) is 18.5. The van der Waals surface area contributed by atoms with Crippen molar-refractivity contribution in [1.29, 1.82) is 0 Å². The fourth-order valence-electron chi connectivity index (χ4n) is 4.87. The quantitative estimate of drug-likeness (QED) is 0.472. The Hall–Kier alpha value is -2.16. The largest absolute Gasteiger partial charge is 0.508 e. The molecule has 3 heteroatoms. The highest BCUT2D eigenvalue weighted by Crippen LogP contribution is 2.40. The van der Waals surface area contributed by atoms with Crippen molar-refractivity contribution in [2.45, 2.75) is 84.2 Å². The monoisotopic (exact) mass is 380 g/mol. The summed E-state index contributed by atoms with van der Waals surface area (Å²) in [5.41, 5.74) is 6.88. The lowest BCUT2D eigenvalue weighted by Crippen LogP contribution is -2.36. The van der Waals surface area contributed by atoms with Crippen LogP contribution in [0.2, 0.25) is 0 Å². The van der Waals surface area contributed by atoms with Crippen molar-refractivity contribution in [2.75, 3.05) is 10.6 Å². The average Bonchev–Trinajstić information content (AvgIpc) is 2.52. The van der Waals surface area contributed by atoms with Crippen LogP contribution in [0.5, 0.6) is 5.75 Å². The number of fused-ring (bicyclic) bond motifs is 2. The smallest absolute Gasteiger partial charge is 0.117 e. The molecule has 0 aliphatic carbocycles. The Kier molecular flexibility index (Phi) is 5.40. The summed E-state index contributed by atoms with van der Waals surface area (Å²) in [5.74, 6) is 1.56. The predicted octanol–water partition coefficient (Wildman–Crippen LogP) is 6.78. The molecule has 2 atom stereocenters. The van der Waals surface area contributed by atoms with Crippen molar-refractivity contribution in [3.8, 4) is 5.75 Å². The molecule has 0 saturated carbocycles. The number of rotatable bonds is 0. The summed E-state index contributed by atoms with van der Waals surface area (Å²) in [7, 11) is 0. The summed E-state index contributed by atoms with van der Waals surface area (Å²) < 4.78 is 0. The fourth-order valence-corrected chi connectivity index (χ4v) is 4.87. The number of hydrogen-bond donors (Lipinski definition) is 3. The Morgan fingerprint density at radius 1 is 0.786 bits per heavy atom. The van der Waals surface area contributed by atoms with Crippen LogP contribution in [0.25, 0.3) is 0 Å². The number of aromatic hydroxyl groups is 1. The molecule has 2 aromatic rings. The van der Waals surface area contributed by atoms with Gasteiger partial charge in [0.25, 0.3) is 0 Å². The minimum Gasteiger partial charge on any atom is -0.508 e. The molecule has 3 nitrogen and oxygen atoms in total. The highest BCUT2D eigenvalue weighted by atomic mass is 16.3. The van der Waals surface area contributed by atoms with E-state index in [4.69, 9.17) is 0 Å². The van der Waals surface area contributed by atoms with Gasteiger partial charge in [-0.05, 0) is 88.1 Å². The van der Waals surface area contributed by atoms with E-state index in [9.17, 15) is 5.11 Å². The van der Waals surface area contributed by atoms with Crippen LogP contribution in [-0.4, -0.2) is 16.2 Å². The zero-order valence-electron chi connectivity index (χ0n) is 18.5. The molecule has 4 rings (SSSR count). The van der Waals surface area contributed by atoms with E-state index in [2.05, 4.69) is 77.3 Å². The normalized spacial score (nSPS) is 23.8. The number of aryl methyl sites for hydroxylation is 1. The van der Waals surface area contributed by atoms with Crippen LogP contribution in [0.4, 0.5) is 11.4 Å². The molecule has 2 aliphatic rings. The molecular formula is C25H36N2O. The van der Waals surface area contributed by atoms with Gasteiger partial charge in [0.1, 0.15) is 5.75 Å². The Morgan fingerprint density at radius 2 is 1.25 bits per heavy atom. The van der Waals surface area contributed by atoms with Crippen molar-refractivity contribution in [2.24, 2.45) is 0 Å². The first-order valence-corrected chi connectivity index (χ1v) is 10.5. The molecule has 3 N–H and O–H groups in total. The summed E-state index contributed by atoms with van der Waals surface area (Å²) in [6, 6.07) is 12.3. The molecule has 0 radical (unpaired) electrons. The van der Waals surface area contributed by atoms with Gasteiger partial charge in [0.05, 0.1) is 0 Å². The van der Waals surface area contributed by atoms with E-state index in [0.29, 0.717) is 17.6 Å². The number of nitrogens with one attached hydrogen (secondary N) is 2. The maximum absolute atomic E-state index is 9.40. The molecule has 2 aliphatic heterocycles. The summed E-state index contributed by atoms with van der Waals surface area (Å²) in [6.45, 7) is 15.6. The summed E-state index contributed by atoms with van der Waals surface area (Å²) in [5, 5.41) is 16.5. The molecule has 152 valence electrons. The fraction of sp³-hybridized carbons (Fsp3) is 0.520. The first kappa shape index (κ1) is 20.6. The van der Waals surface area contributed by atoms with E-state index in [1.54, 1.807) is 6.07 Å². The Morgan fingerprint density at radius 3 is 1.79 bits per heavy atom. The molecule has 2 aromatic carbocycles. The van der Waals surface area contributed by atoms with E-state index in [1.807, 2.05) is 12.1 Å². The van der Waals surface area contributed by atoms with E-state index < -0.39 is 0 Å². The lowest BCUT2D eigenvalue weighted by molar-refractivity contribution is 0.448. The first-order chi connectivity index (χ1) is 13.0. The topological polar surface area (TPSA) is 44.3 Å². The van der Waals surface area contributed by atoms with Crippen LogP contribution < -0.4 is 10.6 Å². The summed E-state index contributed by atoms with van der Waals surface area (Å²) in [6.07, 6.45) is 2.34. The molecule has 2 unspecified atom stereocenters. The minimum absolute atomic E-state index is 0.125. The molecule has 2 heterocycles. The van der Waals surface area contributed by atoms with Crippen LogP contribution in [-0.2, 0) is 0 Å². The Balaban J connectivity index is 0.000000161. The van der Waals surface area contributed by atoms with E-state index in [1.165, 1.54) is 28.8 Å². The maximum Gasteiger partial charge on any atom is 0.117 e. The number of benzene rings is 2. The minimum atomic E-state index is 0.125. The Labute approximate surface area is 170 Å². The zero-order chi connectivity index (χ0) is 20.7. The molecule has 0 fully saturated rings. The summed E-state index contributed by atoms with van der Waals surface area (Å²) >= 11 is 0. The highest BCUT2D eigenvalue weighted by molar-refractivity contribution is 5.60. The second-order valence-electron chi connectivity index (χ2n) is 10.1. The van der Waals surface area contributed by atoms with Crippen molar-refractivity contribution in [3.63, 3.8) is 0 Å². The van der Waals surface area contributed by atoms with Gasteiger partial charge in [-0.2, -0.15) is 0 Å². The van der Waals surface area contributed by atoms with Crippen molar-refractivity contribution in [3.05, 3.63) is 53.1 Å². The van der Waals surface area contributed by atoms with Gasteiger partial charge < -0.3 is 15.7 Å². The van der Waals surface area contributed by atoms with Crippen LogP contribution in [0.15, 0.2) is 36.4 Å². The van der Waals surface area contributed by atoms with Gasteiger partial charge in [0, 0.05) is 28.5 Å². The van der Waals surface area contributed by atoms with Gasteiger partial charge in [-0.1, -0.05) is 32.0 Å². The molecule has 0 bridgehead atoms. The van der Waals surface area contributed by atoms with Crippen LogP contribution >= 0.6 is 0 Å². The van der Waals surface area contributed by atoms with Gasteiger partial charge in [-0.3, -0.25) is 0 Å². The molecule has 0 amide bonds. The summed E-state index contributed by atoms with van der Waals surface area (Å²) in [4.78, 5) is 0. The number of phenolic OH excluding ortho intramolecular Hbond substituents is 1. The number of hydrogen-bond acceptors (Lipinski definition) is 3. The molecule has 0 spiro atoms. The third-order valence-corrected chi connectivity index (χ3v) is 5.89. The number of phenols is 1. The van der Waals surface area contributed by atoms with Gasteiger partial charge in [-0.15, -0.1) is 0 Å².